The molecule has 1 aliphatic rings. The van der Waals surface area contributed by atoms with Crippen LogP contribution in [0.4, 0.5) is 0 Å². The van der Waals surface area contributed by atoms with Crippen LogP contribution in [0.3, 0.4) is 0 Å². The zero-order valence-corrected chi connectivity index (χ0v) is 16.1. The minimum Gasteiger partial charge on any atom is -0.507 e. The van der Waals surface area contributed by atoms with Crippen molar-refractivity contribution in [3.63, 3.8) is 0 Å². The lowest BCUT2D eigenvalue weighted by Gasteiger charge is -2.30. The maximum atomic E-state index is 10.4. The molecule has 0 aliphatic carbocycles. The number of hydrogen-bond acceptors (Lipinski definition) is 3. The van der Waals surface area contributed by atoms with E-state index >= 15 is 0 Å². The Morgan fingerprint density at radius 3 is 2.25 bits per heavy atom. The summed E-state index contributed by atoms with van der Waals surface area (Å²) in [5, 5.41) is 16.3. The van der Waals surface area contributed by atoms with Crippen LogP contribution in [-0.4, -0.2) is 12.2 Å². The van der Waals surface area contributed by atoms with Crippen LogP contribution >= 0.6 is 0 Å². The first kappa shape index (κ1) is 18.1. The minimum atomic E-state index is 0.00385. The molecule has 28 heavy (non-hydrogen) atoms. The predicted octanol–water partition coefficient (Wildman–Crippen LogP) is 3.66. The number of nitrogens with two attached hydrogens (primary N) is 1. The molecule has 1 heterocycles. The maximum Gasteiger partial charge on any atom is 0.186 e. The van der Waals surface area contributed by atoms with Gasteiger partial charge in [0, 0.05) is 17.3 Å². The number of phenols is 1. The molecule has 0 radical (unpaired) electrons. The quantitative estimate of drug-likeness (QED) is 0.654. The summed E-state index contributed by atoms with van der Waals surface area (Å²) in [6.07, 6.45) is 2.22. The molecule has 0 saturated carbocycles. The van der Waals surface area contributed by atoms with Gasteiger partial charge in [-0.3, -0.25) is 0 Å². The van der Waals surface area contributed by atoms with Gasteiger partial charge < -0.3 is 20.5 Å². The summed E-state index contributed by atoms with van der Waals surface area (Å²) in [7, 11) is 1.67. The molecule has 0 fully saturated rings. The van der Waals surface area contributed by atoms with Gasteiger partial charge in [-0.1, -0.05) is 36.4 Å². The fourth-order valence-electron chi connectivity index (χ4n) is 3.74. The normalized spacial score (nSPS) is 18.9. The maximum absolute atomic E-state index is 10.4. The summed E-state index contributed by atoms with van der Waals surface area (Å²) in [6.45, 7) is 2.13. The number of hydrogen-bond donors (Lipinski definition) is 3. The number of quaternary nitrogens is 1. The molecule has 0 aromatic heterocycles. The molecule has 4 rings (SSSR count). The van der Waals surface area contributed by atoms with E-state index in [0.717, 1.165) is 22.6 Å². The van der Waals surface area contributed by atoms with E-state index in [9.17, 15) is 5.11 Å². The van der Waals surface area contributed by atoms with E-state index in [-0.39, 0.29) is 12.2 Å². The van der Waals surface area contributed by atoms with Crippen LogP contribution in [0.2, 0.25) is 0 Å². The standard InChI is InChI=1S/C24H24N2O2/c1-16-7-3-4-8-19(16)24-25-21(17-11-13-18(28-2)14-12-17)15-22(26-24)20-9-5-6-10-23(20)27/h3-15,22,24-27H,1-2H3/p+1. The number of nitrogens with one attached hydrogen (secondary N) is 1. The average molecular weight is 373 g/mol. The van der Waals surface area contributed by atoms with Gasteiger partial charge in [0.2, 0.25) is 0 Å². The highest BCUT2D eigenvalue weighted by molar-refractivity contribution is 5.66. The van der Waals surface area contributed by atoms with Gasteiger partial charge >= 0.3 is 0 Å². The average Bonchev–Trinajstić information content (AvgIpc) is 2.74. The monoisotopic (exact) mass is 373 g/mol. The largest absolute Gasteiger partial charge is 0.507 e. The van der Waals surface area contributed by atoms with Gasteiger partial charge in [0.05, 0.1) is 12.7 Å². The summed E-state index contributed by atoms with van der Waals surface area (Å²) in [5.41, 5.74) is 5.53. The molecule has 3 aromatic rings. The van der Waals surface area contributed by atoms with E-state index in [1.807, 2.05) is 30.3 Å². The zero-order chi connectivity index (χ0) is 19.5. The van der Waals surface area contributed by atoms with Gasteiger partial charge in [-0.15, -0.1) is 0 Å². The van der Waals surface area contributed by atoms with Crippen molar-refractivity contribution >= 4 is 5.70 Å². The van der Waals surface area contributed by atoms with E-state index in [0.29, 0.717) is 5.75 Å². The summed E-state index contributed by atoms with van der Waals surface area (Å²) in [5.74, 6) is 1.15. The summed E-state index contributed by atoms with van der Waals surface area (Å²) < 4.78 is 5.29. The molecule has 0 bridgehead atoms. The van der Waals surface area contributed by atoms with E-state index in [2.05, 4.69) is 60.0 Å². The Hall–Kier alpha value is -3.24. The van der Waals surface area contributed by atoms with Crippen molar-refractivity contribution in [1.29, 1.82) is 0 Å². The second kappa shape index (κ2) is 7.79. The number of aromatic hydroxyl groups is 1. The molecule has 0 saturated heterocycles. The fraction of sp³-hybridized carbons (Fsp3) is 0.167. The molecule has 4 N–H and O–H groups in total. The van der Waals surface area contributed by atoms with Crippen LogP contribution in [-0.2, 0) is 0 Å². The van der Waals surface area contributed by atoms with Crippen molar-refractivity contribution in [2.45, 2.75) is 19.1 Å². The van der Waals surface area contributed by atoms with Gasteiger partial charge in [-0.25, -0.2) is 0 Å². The highest BCUT2D eigenvalue weighted by Crippen LogP contribution is 2.29. The summed E-state index contributed by atoms with van der Waals surface area (Å²) in [4.78, 5) is 0. The molecule has 0 spiro atoms. The molecule has 142 valence electrons. The number of methoxy groups -OCH3 is 1. The molecule has 1 aliphatic heterocycles. The molecule has 2 atom stereocenters. The summed E-state index contributed by atoms with van der Waals surface area (Å²) >= 11 is 0. The van der Waals surface area contributed by atoms with Crippen LogP contribution in [0.15, 0.2) is 78.9 Å². The van der Waals surface area contributed by atoms with Crippen molar-refractivity contribution < 1.29 is 15.2 Å². The number of ether oxygens (including phenoxy) is 1. The van der Waals surface area contributed by atoms with Crippen molar-refractivity contribution in [2.75, 3.05) is 7.11 Å². The van der Waals surface area contributed by atoms with Crippen LogP contribution in [0.25, 0.3) is 5.70 Å². The zero-order valence-electron chi connectivity index (χ0n) is 16.1. The SMILES string of the molecule is COc1ccc(C2=CC(c3ccccc3O)[NH2+]C(c3ccccc3C)N2)cc1. The molecular formula is C24H25N2O2+. The molecule has 4 heteroatoms. The van der Waals surface area contributed by atoms with Gasteiger partial charge in [0.25, 0.3) is 0 Å². The third kappa shape index (κ3) is 3.59. The lowest BCUT2D eigenvalue weighted by Crippen LogP contribution is -2.90. The van der Waals surface area contributed by atoms with Gasteiger partial charge in [-0.05, 0) is 54.4 Å². The summed E-state index contributed by atoms with van der Waals surface area (Å²) in [6, 6.07) is 24.0. The van der Waals surface area contributed by atoms with Crippen LogP contribution in [0.5, 0.6) is 11.5 Å². The van der Waals surface area contributed by atoms with Crippen molar-refractivity contribution in [2.24, 2.45) is 0 Å². The Bertz CT molecular complexity index is 995. The van der Waals surface area contributed by atoms with Crippen molar-refractivity contribution in [1.82, 2.24) is 5.32 Å². The van der Waals surface area contributed by atoms with E-state index in [1.165, 1.54) is 11.1 Å². The first-order valence-electron chi connectivity index (χ1n) is 9.47. The van der Waals surface area contributed by atoms with Crippen molar-refractivity contribution in [3.05, 3.63) is 101 Å². The number of para-hydroxylation sites is 1. The second-order valence-electron chi connectivity index (χ2n) is 7.06. The number of aryl methyl sites for hydroxylation is 1. The highest BCUT2D eigenvalue weighted by Gasteiger charge is 2.29. The number of phenolic OH excluding ortho intramolecular Hbond substituents is 1. The van der Waals surface area contributed by atoms with Gasteiger partial charge in [0.1, 0.15) is 17.5 Å². The first-order chi connectivity index (χ1) is 13.7. The number of rotatable bonds is 4. The third-order valence-corrected chi connectivity index (χ3v) is 5.28. The highest BCUT2D eigenvalue weighted by atomic mass is 16.5. The minimum absolute atomic E-state index is 0.00385. The Labute approximate surface area is 165 Å². The Morgan fingerprint density at radius 2 is 1.57 bits per heavy atom. The van der Waals surface area contributed by atoms with Gasteiger partial charge in [0.15, 0.2) is 6.17 Å². The molecule has 2 unspecified atom stereocenters. The van der Waals surface area contributed by atoms with E-state index in [1.54, 1.807) is 13.2 Å². The molecule has 3 aromatic carbocycles. The fourth-order valence-corrected chi connectivity index (χ4v) is 3.74. The Balaban J connectivity index is 1.76. The number of benzene rings is 3. The third-order valence-electron chi connectivity index (χ3n) is 5.28. The molecule has 4 nitrogen and oxygen atoms in total. The van der Waals surface area contributed by atoms with E-state index < -0.39 is 0 Å². The van der Waals surface area contributed by atoms with Crippen LogP contribution in [0.1, 0.15) is 34.5 Å². The topological polar surface area (TPSA) is 58.1 Å². The predicted molar refractivity (Wildman–Crippen MR) is 111 cm³/mol. The van der Waals surface area contributed by atoms with E-state index in [4.69, 9.17) is 4.74 Å². The lowest BCUT2D eigenvalue weighted by molar-refractivity contribution is -0.731. The molecular weight excluding hydrogens is 348 g/mol. The second-order valence-corrected chi connectivity index (χ2v) is 7.06. The van der Waals surface area contributed by atoms with Crippen LogP contribution < -0.4 is 15.4 Å². The van der Waals surface area contributed by atoms with Gasteiger partial charge in [-0.2, -0.15) is 0 Å². The van der Waals surface area contributed by atoms with Crippen molar-refractivity contribution in [3.8, 4) is 11.5 Å². The Kier molecular flexibility index (Phi) is 5.04. The lowest BCUT2D eigenvalue weighted by atomic mass is 9.96. The molecule has 0 amide bonds. The van der Waals surface area contributed by atoms with Crippen LogP contribution in [0, 0.1) is 6.92 Å². The first-order valence-corrected chi connectivity index (χ1v) is 9.47. The Morgan fingerprint density at radius 1 is 0.893 bits per heavy atom. The smallest absolute Gasteiger partial charge is 0.186 e.